The Balaban J connectivity index is 0.873. The van der Waals surface area contributed by atoms with Crippen molar-refractivity contribution in [3.8, 4) is 11.1 Å². The lowest BCUT2D eigenvalue weighted by Gasteiger charge is -2.54. The molecular formula is C48H68N6O4. The number of amides is 1. The highest BCUT2D eigenvalue weighted by Gasteiger charge is 2.48. The third-order valence-corrected chi connectivity index (χ3v) is 14.7. The summed E-state index contributed by atoms with van der Waals surface area (Å²) in [7, 11) is 0. The molecule has 1 amide bonds. The van der Waals surface area contributed by atoms with Crippen LogP contribution < -0.4 is 21.1 Å². The van der Waals surface area contributed by atoms with Gasteiger partial charge in [0, 0.05) is 107 Å². The summed E-state index contributed by atoms with van der Waals surface area (Å²) in [5, 5.41) is 18.2. The number of carbonyl (C=O) groups excluding carboxylic acids is 1. The molecule has 1 atom stereocenters. The van der Waals surface area contributed by atoms with Crippen molar-refractivity contribution in [2.24, 2.45) is 29.6 Å². The van der Waals surface area contributed by atoms with E-state index < -0.39 is 6.23 Å². The highest BCUT2D eigenvalue weighted by atomic mass is 16.5. The minimum absolute atomic E-state index is 0.121. The molecule has 2 aromatic carbocycles. The van der Waals surface area contributed by atoms with E-state index in [9.17, 15) is 14.7 Å². The molecule has 1 unspecified atom stereocenters. The topological polar surface area (TPSA) is 113 Å². The van der Waals surface area contributed by atoms with Gasteiger partial charge in [-0.2, -0.15) is 0 Å². The van der Waals surface area contributed by atoms with E-state index >= 15 is 0 Å². The number of aryl methyl sites for hydroxylation is 2. The molecule has 0 radical (unpaired) electrons. The minimum Gasteiger partial charge on any atom is -0.381 e. The van der Waals surface area contributed by atoms with Crippen LogP contribution in [0.5, 0.6) is 0 Å². The number of aliphatic hydroxyl groups excluding tert-OH is 1. The third-order valence-electron chi connectivity index (χ3n) is 14.7. The van der Waals surface area contributed by atoms with E-state index in [-0.39, 0.29) is 18.0 Å². The lowest BCUT2D eigenvalue weighted by molar-refractivity contribution is -0.126. The van der Waals surface area contributed by atoms with Gasteiger partial charge in [-0.1, -0.05) is 24.3 Å². The second kappa shape index (κ2) is 18.4. The van der Waals surface area contributed by atoms with Crippen molar-refractivity contribution >= 4 is 11.6 Å². The third kappa shape index (κ3) is 9.42. The molecule has 4 bridgehead atoms. The Morgan fingerprint density at radius 2 is 1.59 bits per heavy atom. The molecule has 314 valence electrons. The maximum atomic E-state index is 13.0. The Bertz CT molecular complexity index is 1900. The van der Waals surface area contributed by atoms with Crippen molar-refractivity contribution in [1.82, 2.24) is 25.4 Å². The molecule has 10 nitrogen and oxygen atoms in total. The van der Waals surface area contributed by atoms with E-state index in [1.54, 1.807) is 0 Å². The molecule has 4 aliphatic carbocycles. The molecule has 6 aliphatic rings. The normalized spacial score (nSPS) is 25.6. The zero-order valence-electron chi connectivity index (χ0n) is 35.5. The zero-order chi connectivity index (χ0) is 40.3. The van der Waals surface area contributed by atoms with Gasteiger partial charge >= 0.3 is 0 Å². The van der Waals surface area contributed by atoms with Crippen LogP contribution in [0.3, 0.4) is 0 Å². The largest absolute Gasteiger partial charge is 0.381 e. The van der Waals surface area contributed by atoms with E-state index in [0.29, 0.717) is 17.5 Å². The smallest absolute Gasteiger partial charge is 0.252 e. The van der Waals surface area contributed by atoms with Crippen molar-refractivity contribution in [3.63, 3.8) is 0 Å². The Labute approximate surface area is 346 Å². The van der Waals surface area contributed by atoms with Crippen LogP contribution in [0.4, 0.5) is 5.69 Å². The van der Waals surface area contributed by atoms with Crippen molar-refractivity contribution in [1.29, 1.82) is 0 Å². The maximum absolute atomic E-state index is 13.0. The van der Waals surface area contributed by atoms with Gasteiger partial charge in [0.25, 0.3) is 5.56 Å². The van der Waals surface area contributed by atoms with E-state index in [4.69, 9.17) is 4.74 Å². The van der Waals surface area contributed by atoms with Gasteiger partial charge in [0.15, 0.2) is 0 Å². The number of pyridine rings is 1. The van der Waals surface area contributed by atoms with Crippen LogP contribution in [-0.2, 0) is 22.6 Å². The summed E-state index contributed by atoms with van der Waals surface area (Å²) >= 11 is 0. The lowest BCUT2D eigenvalue weighted by atomic mass is 9.51. The van der Waals surface area contributed by atoms with E-state index in [2.05, 4.69) is 80.6 Å². The van der Waals surface area contributed by atoms with Crippen molar-refractivity contribution in [3.05, 3.63) is 86.3 Å². The fourth-order valence-electron chi connectivity index (χ4n) is 11.7. The standard InChI is InChI=1S/C48H68N6O4/c1-5-54(41-10-18-58-19-11-41)45-27-38(26-42(33(45)4)47(56)50-29-44-31(2)20-32(3)51-48(44)57)37-8-6-34(7-9-37)30-53-16-14-52(15-17-53)13-12-49-46(55)28-43-39-22-35-21-36(24-39)25-40(43)23-35/h6-9,20,26-27,35-36,39-41,43,47,50,56H,5,10-19,21-25,28-30H2,1-4H3,(H,49,55)(H,51,57). The quantitative estimate of drug-likeness (QED) is 0.130. The number of benzene rings is 2. The molecule has 3 heterocycles. The van der Waals surface area contributed by atoms with E-state index in [0.717, 1.165) is 148 Å². The monoisotopic (exact) mass is 793 g/mol. The van der Waals surface area contributed by atoms with Gasteiger partial charge in [-0.3, -0.25) is 24.7 Å². The molecule has 3 aromatic rings. The highest BCUT2D eigenvalue weighted by Crippen LogP contribution is 2.57. The fraction of sp³-hybridized carbons (Fsp3) is 0.625. The van der Waals surface area contributed by atoms with Crippen LogP contribution in [0.15, 0.2) is 47.3 Å². The molecule has 58 heavy (non-hydrogen) atoms. The van der Waals surface area contributed by atoms with Gasteiger partial charge in [-0.25, -0.2) is 0 Å². The molecule has 9 rings (SSSR count). The van der Waals surface area contributed by atoms with E-state index in [1.807, 2.05) is 19.9 Å². The predicted octanol–water partition coefficient (Wildman–Crippen LogP) is 6.45. The summed E-state index contributed by atoms with van der Waals surface area (Å²) in [6.07, 6.45) is 8.74. The summed E-state index contributed by atoms with van der Waals surface area (Å²) in [5.41, 5.74) is 8.73. The number of hydrogen-bond acceptors (Lipinski definition) is 8. The number of rotatable bonds is 15. The molecule has 2 saturated heterocycles. The maximum Gasteiger partial charge on any atom is 0.252 e. The van der Waals surface area contributed by atoms with Gasteiger partial charge in [-0.15, -0.1) is 0 Å². The van der Waals surface area contributed by atoms with Gasteiger partial charge in [0.2, 0.25) is 5.91 Å². The van der Waals surface area contributed by atoms with Crippen LogP contribution in [0.2, 0.25) is 0 Å². The van der Waals surface area contributed by atoms with Gasteiger partial charge in [0.1, 0.15) is 6.23 Å². The first-order chi connectivity index (χ1) is 28.1. The molecule has 4 N–H and O–H groups in total. The second-order valence-electron chi connectivity index (χ2n) is 18.5. The number of hydrogen-bond donors (Lipinski definition) is 4. The summed E-state index contributed by atoms with van der Waals surface area (Å²) in [4.78, 5) is 36.2. The molecule has 6 fully saturated rings. The van der Waals surface area contributed by atoms with Crippen molar-refractivity contribution in [2.45, 2.75) is 104 Å². The summed E-state index contributed by atoms with van der Waals surface area (Å²) in [6.45, 7) is 17.5. The molecule has 0 spiro atoms. The van der Waals surface area contributed by atoms with Gasteiger partial charge < -0.3 is 25.0 Å². The Hall–Kier alpha value is -3.54. The average Bonchev–Trinajstić information content (AvgIpc) is 3.21. The number of H-pyrrole nitrogens is 1. The highest BCUT2D eigenvalue weighted by molar-refractivity contribution is 5.76. The minimum atomic E-state index is -0.951. The predicted molar refractivity (Wildman–Crippen MR) is 232 cm³/mol. The van der Waals surface area contributed by atoms with Crippen molar-refractivity contribution in [2.75, 3.05) is 63.9 Å². The summed E-state index contributed by atoms with van der Waals surface area (Å²) in [6, 6.07) is 15.7. The first-order valence-electron chi connectivity index (χ1n) is 22.5. The average molecular weight is 793 g/mol. The number of aromatic nitrogens is 1. The molecule has 10 heteroatoms. The second-order valence-corrected chi connectivity index (χ2v) is 18.5. The SMILES string of the molecule is CCN(c1cc(-c2ccc(CN3CCN(CCNC(=O)CC4C5CC6CC(C5)CC4C6)CC3)cc2)cc(C(O)NCc2c(C)cc(C)[nH]c2=O)c1C)C1CCOCC1. The fourth-order valence-corrected chi connectivity index (χ4v) is 11.7. The van der Waals surface area contributed by atoms with Gasteiger partial charge in [-0.05, 0) is 148 Å². The van der Waals surface area contributed by atoms with Crippen LogP contribution in [0, 0.1) is 50.4 Å². The number of anilines is 1. The first-order valence-corrected chi connectivity index (χ1v) is 22.5. The summed E-state index contributed by atoms with van der Waals surface area (Å²) in [5.74, 6) is 4.45. The van der Waals surface area contributed by atoms with Crippen LogP contribution in [-0.4, -0.2) is 90.9 Å². The van der Waals surface area contributed by atoms with Crippen LogP contribution in [0.25, 0.3) is 11.1 Å². The molecule has 4 saturated carbocycles. The molecular weight excluding hydrogens is 725 g/mol. The zero-order valence-corrected chi connectivity index (χ0v) is 35.5. The Morgan fingerprint density at radius 1 is 0.914 bits per heavy atom. The first kappa shape index (κ1) is 41.2. The summed E-state index contributed by atoms with van der Waals surface area (Å²) < 4.78 is 5.72. The number of piperazine rings is 1. The number of aliphatic hydroxyl groups is 1. The van der Waals surface area contributed by atoms with Crippen LogP contribution in [0.1, 0.15) is 98.0 Å². The Morgan fingerprint density at radius 3 is 2.24 bits per heavy atom. The number of nitrogens with one attached hydrogen (secondary N) is 3. The van der Waals surface area contributed by atoms with E-state index in [1.165, 1.54) is 37.7 Å². The van der Waals surface area contributed by atoms with Crippen molar-refractivity contribution < 1.29 is 14.6 Å². The number of aromatic amines is 1. The molecule has 2 aliphatic heterocycles. The number of carbonyl (C=O) groups is 1. The molecule has 1 aromatic heterocycles. The Kier molecular flexibility index (Phi) is 13.1. The number of nitrogens with zero attached hydrogens (tertiary/aromatic N) is 3. The number of ether oxygens (including phenoxy) is 1. The van der Waals surface area contributed by atoms with Gasteiger partial charge in [0.05, 0.1) is 0 Å². The lowest BCUT2D eigenvalue weighted by Crippen LogP contribution is -2.49. The van der Waals surface area contributed by atoms with Crippen LogP contribution >= 0.6 is 0 Å².